The predicted molar refractivity (Wildman–Crippen MR) is 126 cm³/mol. The molecule has 0 radical (unpaired) electrons. The number of ether oxygens (including phenoxy) is 1. The van der Waals surface area contributed by atoms with Gasteiger partial charge in [-0.3, -0.25) is 9.10 Å². The second-order valence-corrected chi connectivity index (χ2v) is 10.6. The fourth-order valence-corrected chi connectivity index (χ4v) is 6.08. The van der Waals surface area contributed by atoms with E-state index in [9.17, 15) is 18.0 Å². The lowest BCUT2D eigenvalue weighted by molar-refractivity contribution is -0.129. The molecule has 1 aliphatic heterocycles. The number of sulfonamides is 1. The lowest BCUT2D eigenvalue weighted by atomic mass is 9.89. The van der Waals surface area contributed by atoms with Crippen molar-refractivity contribution in [3.8, 4) is 0 Å². The van der Waals surface area contributed by atoms with Crippen molar-refractivity contribution in [2.75, 3.05) is 17.4 Å². The van der Waals surface area contributed by atoms with Gasteiger partial charge in [-0.1, -0.05) is 43.5 Å². The van der Waals surface area contributed by atoms with Crippen LogP contribution in [0.15, 0.2) is 53.4 Å². The summed E-state index contributed by atoms with van der Waals surface area (Å²) in [7, 11) is -3.83. The van der Waals surface area contributed by atoms with Crippen LogP contribution in [-0.2, 0) is 26.0 Å². The SMILES string of the molecule is C[C@@H](OC(=O)c1cccc(S(=O)(=O)N2CCc3ccccc32)c1)C(=O)NCC1CCCCC1. The largest absolute Gasteiger partial charge is 0.449 e. The highest BCUT2D eigenvalue weighted by atomic mass is 32.2. The number of rotatable bonds is 7. The molecule has 176 valence electrons. The van der Waals surface area contributed by atoms with E-state index >= 15 is 0 Å². The number of fused-ring (bicyclic) bond motifs is 1. The van der Waals surface area contributed by atoms with E-state index in [4.69, 9.17) is 4.74 Å². The Morgan fingerprint density at radius 3 is 2.64 bits per heavy atom. The van der Waals surface area contributed by atoms with Gasteiger partial charge in [0.1, 0.15) is 0 Å². The van der Waals surface area contributed by atoms with Crippen LogP contribution in [0.2, 0.25) is 0 Å². The van der Waals surface area contributed by atoms with Gasteiger partial charge in [-0.25, -0.2) is 13.2 Å². The highest BCUT2D eigenvalue weighted by Gasteiger charge is 2.31. The van der Waals surface area contributed by atoms with Crippen LogP contribution >= 0.6 is 0 Å². The summed E-state index contributed by atoms with van der Waals surface area (Å²) in [4.78, 5) is 25.0. The Hall–Kier alpha value is -2.87. The fourth-order valence-electron chi connectivity index (χ4n) is 4.53. The molecular weight excluding hydrogens is 440 g/mol. The number of anilines is 1. The molecule has 2 aromatic carbocycles. The average Bonchev–Trinajstić information content (AvgIpc) is 3.28. The lowest BCUT2D eigenvalue weighted by Crippen LogP contribution is -2.38. The number of hydrogen-bond acceptors (Lipinski definition) is 5. The average molecular weight is 471 g/mol. The third-order valence-electron chi connectivity index (χ3n) is 6.45. The summed E-state index contributed by atoms with van der Waals surface area (Å²) >= 11 is 0. The molecule has 4 rings (SSSR count). The van der Waals surface area contributed by atoms with Crippen LogP contribution < -0.4 is 9.62 Å². The maximum absolute atomic E-state index is 13.2. The molecule has 7 nitrogen and oxygen atoms in total. The second kappa shape index (κ2) is 9.95. The summed E-state index contributed by atoms with van der Waals surface area (Å²) < 4.78 is 33.2. The third kappa shape index (κ3) is 5.21. The summed E-state index contributed by atoms with van der Waals surface area (Å²) in [6.45, 7) is 2.47. The topological polar surface area (TPSA) is 92.8 Å². The molecule has 1 atom stereocenters. The summed E-state index contributed by atoms with van der Waals surface area (Å²) in [5.41, 5.74) is 1.73. The van der Waals surface area contributed by atoms with E-state index in [0.29, 0.717) is 31.1 Å². The van der Waals surface area contributed by atoms with Crippen molar-refractivity contribution in [2.45, 2.75) is 56.4 Å². The van der Waals surface area contributed by atoms with Gasteiger partial charge in [-0.15, -0.1) is 0 Å². The van der Waals surface area contributed by atoms with Crippen LogP contribution in [0.3, 0.4) is 0 Å². The molecule has 0 aromatic heterocycles. The van der Waals surface area contributed by atoms with Crippen molar-refractivity contribution in [1.82, 2.24) is 5.32 Å². The van der Waals surface area contributed by atoms with Crippen molar-refractivity contribution in [3.63, 3.8) is 0 Å². The van der Waals surface area contributed by atoms with E-state index in [1.165, 1.54) is 54.8 Å². The van der Waals surface area contributed by atoms with Crippen LogP contribution in [0, 0.1) is 5.92 Å². The van der Waals surface area contributed by atoms with Gasteiger partial charge in [0.2, 0.25) is 0 Å². The molecule has 1 fully saturated rings. The van der Waals surface area contributed by atoms with Crippen LogP contribution in [0.5, 0.6) is 0 Å². The monoisotopic (exact) mass is 470 g/mol. The molecule has 0 saturated heterocycles. The van der Waals surface area contributed by atoms with Crippen molar-refractivity contribution in [3.05, 3.63) is 59.7 Å². The molecule has 2 aliphatic rings. The number of nitrogens with one attached hydrogen (secondary N) is 1. The Bertz CT molecular complexity index is 1130. The molecule has 1 amide bonds. The zero-order valence-corrected chi connectivity index (χ0v) is 19.6. The molecule has 1 aliphatic carbocycles. The molecule has 33 heavy (non-hydrogen) atoms. The summed E-state index contributed by atoms with van der Waals surface area (Å²) in [6, 6.07) is 13.2. The van der Waals surface area contributed by atoms with Crippen LogP contribution in [-0.4, -0.2) is 39.5 Å². The highest BCUT2D eigenvalue weighted by molar-refractivity contribution is 7.92. The number of hydrogen-bond donors (Lipinski definition) is 1. The number of amides is 1. The van der Waals surface area contributed by atoms with Gasteiger partial charge in [0.15, 0.2) is 6.10 Å². The quantitative estimate of drug-likeness (QED) is 0.623. The Kier molecular flexibility index (Phi) is 7.02. The first-order valence-corrected chi connectivity index (χ1v) is 13.0. The number of carbonyl (C=O) groups excluding carboxylic acids is 2. The molecule has 1 heterocycles. The standard InChI is InChI=1S/C25H30N2O5S/c1-18(24(28)26-17-19-8-3-2-4-9-19)32-25(29)21-11-7-12-22(16-21)33(30,31)27-15-14-20-10-5-6-13-23(20)27/h5-7,10-13,16,18-19H,2-4,8-9,14-15,17H2,1H3,(H,26,28)/t18-/m1/s1. The number of esters is 1. The predicted octanol–water partition coefficient (Wildman–Crippen LogP) is 3.68. The third-order valence-corrected chi connectivity index (χ3v) is 8.25. The number of nitrogens with zero attached hydrogens (tertiary/aromatic N) is 1. The van der Waals surface area contributed by atoms with E-state index in [-0.39, 0.29) is 16.4 Å². The lowest BCUT2D eigenvalue weighted by Gasteiger charge is -2.22. The van der Waals surface area contributed by atoms with Crippen LogP contribution in [0.25, 0.3) is 0 Å². The smallest absolute Gasteiger partial charge is 0.338 e. The first kappa shape index (κ1) is 23.3. The first-order chi connectivity index (χ1) is 15.9. The number of para-hydroxylation sites is 1. The van der Waals surface area contributed by atoms with Crippen LogP contribution in [0.1, 0.15) is 54.9 Å². The zero-order chi connectivity index (χ0) is 23.4. The van der Waals surface area contributed by atoms with Gasteiger partial charge in [0.25, 0.3) is 15.9 Å². The Labute approximate surface area is 195 Å². The first-order valence-electron chi connectivity index (χ1n) is 11.6. The number of carbonyl (C=O) groups is 2. The van der Waals surface area contributed by atoms with Gasteiger partial charge in [-0.2, -0.15) is 0 Å². The van der Waals surface area contributed by atoms with E-state index in [0.717, 1.165) is 18.4 Å². The highest BCUT2D eigenvalue weighted by Crippen LogP contribution is 2.32. The van der Waals surface area contributed by atoms with Gasteiger partial charge >= 0.3 is 5.97 Å². The Balaban J connectivity index is 1.41. The Morgan fingerprint density at radius 1 is 1.09 bits per heavy atom. The molecule has 0 bridgehead atoms. The van der Waals surface area contributed by atoms with Gasteiger partial charge in [0.05, 0.1) is 16.1 Å². The molecule has 8 heteroatoms. The van der Waals surface area contributed by atoms with Crippen molar-refractivity contribution in [1.29, 1.82) is 0 Å². The van der Waals surface area contributed by atoms with E-state index < -0.39 is 22.1 Å². The minimum Gasteiger partial charge on any atom is -0.449 e. The van der Waals surface area contributed by atoms with Crippen molar-refractivity contribution in [2.24, 2.45) is 5.92 Å². The summed E-state index contributed by atoms with van der Waals surface area (Å²) in [6.07, 6.45) is 5.52. The second-order valence-electron chi connectivity index (χ2n) is 8.78. The molecule has 0 spiro atoms. The van der Waals surface area contributed by atoms with Crippen molar-refractivity contribution >= 4 is 27.6 Å². The normalized spacial score (nSPS) is 17.3. The van der Waals surface area contributed by atoms with Gasteiger partial charge in [-0.05, 0) is 61.9 Å². The minimum atomic E-state index is -3.83. The molecule has 1 N–H and O–H groups in total. The molecule has 0 unspecified atom stereocenters. The molecule has 2 aromatic rings. The van der Waals surface area contributed by atoms with Crippen molar-refractivity contribution < 1.29 is 22.7 Å². The van der Waals surface area contributed by atoms with E-state index in [1.807, 2.05) is 12.1 Å². The molecular formula is C25H30N2O5S. The zero-order valence-electron chi connectivity index (χ0n) is 18.8. The fraction of sp³-hybridized carbons (Fsp3) is 0.440. The minimum absolute atomic E-state index is 0.0167. The van der Waals surface area contributed by atoms with Crippen LogP contribution in [0.4, 0.5) is 5.69 Å². The Morgan fingerprint density at radius 2 is 1.85 bits per heavy atom. The maximum Gasteiger partial charge on any atom is 0.338 e. The maximum atomic E-state index is 13.2. The van der Waals surface area contributed by atoms with Gasteiger partial charge in [0, 0.05) is 13.1 Å². The number of benzene rings is 2. The molecule has 1 saturated carbocycles. The summed E-state index contributed by atoms with van der Waals surface area (Å²) in [5.74, 6) is -0.594. The van der Waals surface area contributed by atoms with Gasteiger partial charge < -0.3 is 10.1 Å². The van der Waals surface area contributed by atoms with E-state index in [1.54, 1.807) is 12.1 Å². The summed E-state index contributed by atoms with van der Waals surface area (Å²) in [5, 5.41) is 2.87. The van der Waals surface area contributed by atoms with E-state index in [2.05, 4.69) is 5.32 Å².